The van der Waals surface area contributed by atoms with Gasteiger partial charge in [-0.25, -0.2) is 0 Å². The number of fused-ring (bicyclic) bond motifs is 1. The first kappa shape index (κ1) is 11.0. The molecule has 6 nitrogen and oxygen atoms in total. The van der Waals surface area contributed by atoms with E-state index in [0.29, 0.717) is 10.2 Å². The lowest BCUT2D eigenvalue weighted by molar-refractivity contribution is -0.138. The van der Waals surface area contributed by atoms with Crippen molar-refractivity contribution in [2.45, 2.75) is 6.04 Å². The molecule has 1 aliphatic heterocycles. The molecule has 0 bridgehead atoms. The molecule has 4 N–H and O–H groups in total. The van der Waals surface area contributed by atoms with Crippen LogP contribution in [0.1, 0.15) is 11.6 Å². The van der Waals surface area contributed by atoms with Gasteiger partial charge in [0, 0.05) is 6.07 Å². The summed E-state index contributed by atoms with van der Waals surface area (Å²) in [5.41, 5.74) is 5.47. The van der Waals surface area contributed by atoms with E-state index in [1.807, 2.05) is 0 Å². The first-order valence-electron chi connectivity index (χ1n) is 4.31. The number of carbonyl (C=O) groups is 1. The number of nitrogens with two attached hydrogens (primary N) is 1. The molecule has 1 aliphatic rings. The van der Waals surface area contributed by atoms with Crippen LogP contribution in [-0.2, 0) is 4.79 Å². The molecule has 0 fully saturated rings. The molecule has 0 aromatic heterocycles. The molecule has 0 amide bonds. The van der Waals surface area contributed by atoms with Gasteiger partial charge in [-0.05, 0) is 15.9 Å². The van der Waals surface area contributed by atoms with E-state index < -0.39 is 12.0 Å². The van der Waals surface area contributed by atoms with Crippen molar-refractivity contribution < 1.29 is 24.5 Å². The van der Waals surface area contributed by atoms with Gasteiger partial charge in [-0.1, -0.05) is 0 Å². The van der Waals surface area contributed by atoms with E-state index in [1.165, 1.54) is 6.07 Å². The predicted molar refractivity (Wildman–Crippen MR) is 56.5 cm³/mol. The van der Waals surface area contributed by atoms with Crippen molar-refractivity contribution in [2.75, 3.05) is 6.79 Å². The predicted octanol–water partition coefficient (Wildman–Crippen LogP) is 0.968. The van der Waals surface area contributed by atoms with Crippen molar-refractivity contribution in [2.24, 2.45) is 5.73 Å². The van der Waals surface area contributed by atoms with Crippen molar-refractivity contribution in [1.82, 2.24) is 0 Å². The molecule has 1 atom stereocenters. The van der Waals surface area contributed by atoms with Gasteiger partial charge in [-0.15, -0.1) is 0 Å². The minimum absolute atomic E-state index is 0.00868. The second-order valence-electron chi connectivity index (χ2n) is 3.17. The van der Waals surface area contributed by atoms with Crippen LogP contribution in [-0.4, -0.2) is 23.0 Å². The van der Waals surface area contributed by atoms with E-state index in [-0.39, 0.29) is 23.9 Å². The van der Waals surface area contributed by atoms with E-state index in [1.54, 1.807) is 0 Å². The smallest absolute Gasteiger partial charge is 0.325 e. The third-order valence-corrected chi connectivity index (χ3v) is 2.81. The number of carboxylic acids is 1. The van der Waals surface area contributed by atoms with Gasteiger partial charge in [0.1, 0.15) is 11.8 Å². The third-order valence-electron chi connectivity index (χ3n) is 2.20. The number of aromatic hydroxyl groups is 1. The molecule has 1 aromatic carbocycles. The Kier molecular flexibility index (Phi) is 2.64. The van der Waals surface area contributed by atoms with Gasteiger partial charge >= 0.3 is 5.97 Å². The molecule has 1 heterocycles. The fourth-order valence-electron chi connectivity index (χ4n) is 1.44. The average Bonchev–Trinajstić information content (AvgIpc) is 2.66. The fourth-order valence-corrected chi connectivity index (χ4v) is 1.86. The highest BCUT2D eigenvalue weighted by atomic mass is 79.9. The number of phenols is 1. The quantitative estimate of drug-likeness (QED) is 0.750. The van der Waals surface area contributed by atoms with Crippen molar-refractivity contribution in [3.63, 3.8) is 0 Å². The molecule has 16 heavy (non-hydrogen) atoms. The van der Waals surface area contributed by atoms with E-state index in [4.69, 9.17) is 20.3 Å². The highest BCUT2D eigenvalue weighted by Crippen LogP contribution is 2.47. The first-order chi connectivity index (χ1) is 7.52. The molecule has 0 aliphatic carbocycles. The number of aliphatic carboxylic acids is 1. The van der Waals surface area contributed by atoms with Crippen LogP contribution in [0.5, 0.6) is 17.2 Å². The molecule has 0 saturated carbocycles. The largest absolute Gasteiger partial charge is 0.506 e. The maximum absolute atomic E-state index is 10.8. The number of carboxylic acid groups (broad SMARTS) is 1. The van der Waals surface area contributed by atoms with Gasteiger partial charge in [-0.2, -0.15) is 0 Å². The summed E-state index contributed by atoms with van der Waals surface area (Å²) in [5.74, 6) is -0.975. The van der Waals surface area contributed by atoms with E-state index in [9.17, 15) is 9.90 Å². The highest BCUT2D eigenvalue weighted by Gasteiger charge is 2.30. The minimum Gasteiger partial charge on any atom is -0.506 e. The Morgan fingerprint density at radius 2 is 2.25 bits per heavy atom. The zero-order valence-electron chi connectivity index (χ0n) is 7.94. The summed E-state index contributed by atoms with van der Waals surface area (Å²) in [6.45, 7) is -0.0232. The molecule has 7 heteroatoms. The highest BCUT2D eigenvalue weighted by molar-refractivity contribution is 9.10. The molecular formula is C9H8BrNO5. The Morgan fingerprint density at radius 3 is 2.88 bits per heavy atom. The van der Waals surface area contributed by atoms with Gasteiger partial charge in [0.25, 0.3) is 0 Å². The lowest BCUT2D eigenvalue weighted by atomic mass is 10.0. The molecule has 1 unspecified atom stereocenters. The van der Waals surface area contributed by atoms with Gasteiger partial charge in [0.2, 0.25) is 6.79 Å². The molecule has 1 aromatic rings. The second-order valence-corrected chi connectivity index (χ2v) is 4.02. The Balaban J connectivity index is 2.63. The summed E-state index contributed by atoms with van der Waals surface area (Å²) in [6.07, 6.45) is 0. The zero-order valence-corrected chi connectivity index (χ0v) is 9.52. The van der Waals surface area contributed by atoms with Crippen LogP contribution in [0.2, 0.25) is 0 Å². The van der Waals surface area contributed by atoms with Crippen LogP contribution in [0.15, 0.2) is 10.5 Å². The molecular weight excluding hydrogens is 282 g/mol. The van der Waals surface area contributed by atoms with Crippen molar-refractivity contribution in [1.29, 1.82) is 0 Å². The van der Waals surface area contributed by atoms with Crippen LogP contribution in [0.25, 0.3) is 0 Å². The molecule has 86 valence electrons. The van der Waals surface area contributed by atoms with Gasteiger partial charge in [0.05, 0.1) is 10.0 Å². The zero-order chi connectivity index (χ0) is 11.9. The second kappa shape index (κ2) is 3.84. The average molecular weight is 290 g/mol. The van der Waals surface area contributed by atoms with E-state index >= 15 is 0 Å². The lowest BCUT2D eigenvalue weighted by Crippen LogP contribution is -2.21. The third kappa shape index (κ3) is 1.57. The summed E-state index contributed by atoms with van der Waals surface area (Å²) in [5, 5.41) is 18.6. The van der Waals surface area contributed by atoms with Crippen LogP contribution in [0.3, 0.4) is 0 Å². The number of phenolic OH excluding ortho intramolecular Hbond substituents is 1. The van der Waals surface area contributed by atoms with Crippen molar-refractivity contribution in [3.8, 4) is 17.2 Å². The number of benzene rings is 1. The number of hydrogen-bond donors (Lipinski definition) is 3. The van der Waals surface area contributed by atoms with Crippen LogP contribution in [0.4, 0.5) is 0 Å². The molecule has 0 spiro atoms. The Labute approximate surface area is 98.7 Å². The van der Waals surface area contributed by atoms with Crippen LogP contribution >= 0.6 is 15.9 Å². The Bertz CT molecular complexity index is 462. The van der Waals surface area contributed by atoms with Gasteiger partial charge < -0.3 is 25.4 Å². The topological polar surface area (TPSA) is 102 Å². The van der Waals surface area contributed by atoms with Gasteiger partial charge in [-0.3, -0.25) is 4.79 Å². The Hall–Kier alpha value is -1.47. The van der Waals surface area contributed by atoms with Crippen LogP contribution in [0, 0.1) is 0 Å². The molecule has 2 rings (SSSR count). The lowest BCUT2D eigenvalue weighted by Gasteiger charge is -2.13. The fraction of sp³-hybridized carbons (Fsp3) is 0.222. The Morgan fingerprint density at radius 1 is 1.56 bits per heavy atom. The summed E-state index contributed by atoms with van der Waals surface area (Å²) >= 11 is 3.08. The number of rotatable bonds is 2. The standard InChI is InChI=1S/C9H8BrNO5/c10-3-1-4-8(16-2-15-4)5(7(3)12)6(11)9(13)14/h1,6,12H,2,11H2,(H,13,14). The minimum atomic E-state index is -1.37. The van der Waals surface area contributed by atoms with Crippen molar-refractivity contribution in [3.05, 3.63) is 16.1 Å². The number of hydrogen-bond acceptors (Lipinski definition) is 5. The number of ether oxygens (including phenoxy) is 2. The van der Waals surface area contributed by atoms with Crippen molar-refractivity contribution >= 4 is 21.9 Å². The normalized spacial score (nSPS) is 14.9. The molecule has 0 radical (unpaired) electrons. The summed E-state index contributed by atoms with van der Waals surface area (Å²) in [7, 11) is 0. The monoisotopic (exact) mass is 289 g/mol. The summed E-state index contributed by atoms with van der Waals surface area (Å²) < 4.78 is 10.5. The number of halogens is 1. The first-order valence-corrected chi connectivity index (χ1v) is 5.11. The SMILES string of the molecule is NC(C(=O)O)c1c(O)c(Br)cc2c1OCO2. The maximum atomic E-state index is 10.8. The van der Waals surface area contributed by atoms with Gasteiger partial charge in [0.15, 0.2) is 11.5 Å². The summed E-state index contributed by atoms with van der Waals surface area (Å²) in [6, 6.07) is 0.128. The van der Waals surface area contributed by atoms with E-state index in [0.717, 1.165) is 0 Å². The summed E-state index contributed by atoms with van der Waals surface area (Å²) in [4.78, 5) is 10.8. The van der Waals surface area contributed by atoms with E-state index in [2.05, 4.69) is 15.9 Å². The van der Waals surface area contributed by atoms with Crippen LogP contribution < -0.4 is 15.2 Å². The molecule has 0 saturated heterocycles. The maximum Gasteiger partial charge on any atom is 0.325 e.